The second-order valence-corrected chi connectivity index (χ2v) is 11.0. The molecule has 0 amide bonds. The lowest BCUT2D eigenvalue weighted by Gasteiger charge is -2.26. The summed E-state index contributed by atoms with van der Waals surface area (Å²) in [6, 6.07) is 56.0. The number of hydrogen-bond donors (Lipinski definition) is 0. The predicted octanol–water partition coefficient (Wildman–Crippen LogP) is 11.3. The molecule has 0 unspecified atom stereocenters. The second kappa shape index (κ2) is 9.37. The van der Waals surface area contributed by atoms with Gasteiger partial charge in [-0.05, 0) is 83.6 Å². The van der Waals surface area contributed by atoms with Crippen LogP contribution in [-0.4, -0.2) is 4.57 Å². The van der Waals surface area contributed by atoms with E-state index in [1.807, 2.05) is 0 Å². The second-order valence-electron chi connectivity index (χ2n) is 11.0. The highest BCUT2D eigenvalue weighted by Gasteiger charge is 2.21. The molecule has 0 radical (unpaired) electrons. The Labute approximate surface area is 248 Å². The van der Waals surface area contributed by atoms with Gasteiger partial charge in [0.25, 0.3) is 0 Å². The molecule has 0 aliphatic heterocycles. The van der Waals surface area contributed by atoms with Gasteiger partial charge in [0.2, 0.25) is 0 Å². The van der Waals surface area contributed by atoms with Gasteiger partial charge in [0.1, 0.15) is 11.2 Å². The highest BCUT2D eigenvalue weighted by molar-refractivity contribution is 6.17. The van der Waals surface area contributed by atoms with E-state index in [0.29, 0.717) is 0 Å². The minimum absolute atomic E-state index is 0.890. The minimum atomic E-state index is 0.890. The van der Waals surface area contributed by atoms with Gasteiger partial charge in [0, 0.05) is 38.6 Å². The highest BCUT2D eigenvalue weighted by atomic mass is 16.3. The van der Waals surface area contributed by atoms with Crippen molar-refractivity contribution in [1.82, 2.24) is 4.57 Å². The quantitative estimate of drug-likeness (QED) is 0.217. The van der Waals surface area contributed by atoms with Crippen LogP contribution in [0.2, 0.25) is 0 Å². The largest absolute Gasteiger partial charge is 0.456 e. The predicted molar refractivity (Wildman–Crippen MR) is 180 cm³/mol. The average molecular weight is 551 g/mol. The molecule has 9 aromatic rings. The summed E-state index contributed by atoms with van der Waals surface area (Å²) in [5.41, 5.74) is 8.62. The van der Waals surface area contributed by atoms with Crippen molar-refractivity contribution < 1.29 is 4.42 Å². The Morgan fingerprint density at radius 1 is 0.442 bits per heavy atom. The van der Waals surface area contributed by atoms with Gasteiger partial charge in [-0.2, -0.15) is 0 Å². The summed E-state index contributed by atoms with van der Waals surface area (Å²) < 4.78 is 8.74. The van der Waals surface area contributed by atoms with Gasteiger partial charge in [-0.15, -0.1) is 0 Å². The Kier molecular flexibility index (Phi) is 5.20. The summed E-state index contributed by atoms with van der Waals surface area (Å²) in [6.45, 7) is 0. The van der Waals surface area contributed by atoms with E-state index in [2.05, 4.69) is 167 Å². The molecule has 0 aliphatic carbocycles. The normalized spacial score (nSPS) is 11.7. The van der Waals surface area contributed by atoms with Crippen molar-refractivity contribution >= 4 is 71.6 Å². The molecule has 2 aromatic heterocycles. The van der Waals surface area contributed by atoms with E-state index in [-0.39, 0.29) is 0 Å². The van der Waals surface area contributed by atoms with Crippen LogP contribution in [0.25, 0.3) is 60.2 Å². The van der Waals surface area contributed by atoms with Crippen molar-refractivity contribution in [3.05, 3.63) is 158 Å². The molecule has 43 heavy (non-hydrogen) atoms. The molecule has 9 rings (SSSR count). The maximum Gasteiger partial charge on any atom is 0.136 e. The topological polar surface area (TPSA) is 21.3 Å². The molecule has 0 spiro atoms. The van der Waals surface area contributed by atoms with Gasteiger partial charge < -0.3 is 13.9 Å². The van der Waals surface area contributed by atoms with Gasteiger partial charge in [0.15, 0.2) is 0 Å². The van der Waals surface area contributed by atoms with Crippen LogP contribution in [0.5, 0.6) is 0 Å². The molecular formula is C40H26N2O. The first-order valence-electron chi connectivity index (χ1n) is 14.6. The first-order valence-corrected chi connectivity index (χ1v) is 14.6. The summed E-state index contributed by atoms with van der Waals surface area (Å²) in [5.74, 6) is 0. The Bertz CT molecular complexity index is 2450. The van der Waals surface area contributed by atoms with Crippen molar-refractivity contribution in [2.75, 3.05) is 4.90 Å². The smallest absolute Gasteiger partial charge is 0.136 e. The number of hydrogen-bond acceptors (Lipinski definition) is 2. The summed E-state index contributed by atoms with van der Waals surface area (Å²) in [6.07, 6.45) is 0. The first kappa shape index (κ1) is 23.9. The molecule has 7 aromatic carbocycles. The number of anilines is 3. The van der Waals surface area contributed by atoms with Crippen molar-refractivity contribution in [1.29, 1.82) is 0 Å². The van der Waals surface area contributed by atoms with Crippen LogP contribution < -0.4 is 4.90 Å². The number of benzene rings is 7. The van der Waals surface area contributed by atoms with E-state index in [9.17, 15) is 0 Å². The van der Waals surface area contributed by atoms with Crippen LogP contribution in [0.1, 0.15) is 0 Å². The Morgan fingerprint density at radius 3 is 1.95 bits per heavy atom. The third-order valence-corrected chi connectivity index (χ3v) is 8.52. The van der Waals surface area contributed by atoms with E-state index >= 15 is 0 Å². The lowest BCUT2D eigenvalue weighted by molar-refractivity contribution is 0.669. The molecule has 0 aliphatic rings. The summed E-state index contributed by atoms with van der Waals surface area (Å²) >= 11 is 0. The third-order valence-electron chi connectivity index (χ3n) is 8.52. The van der Waals surface area contributed by atoms with Crippen LogP contribution in [-0.2, 0) is 0 Å². The van der Waals surface area contributed by atoms with Gasteiger partial charge in [-0.25, -0.2) is 0 Å². The number of fused-ring (bicyclic) bond motifs is 7. The lowest BCUT2D eigenvalue weighted by Crippen LogP contribution is -2.10. The zero-order chi connectivity index (χ0) is 28.3. The number of para-hydroxylation sites is 3. The lowest BCUT2D eigenvalue weighted by atomic mass is 10.0. The van der Waals surface area contributed by atoms with Gasteiger partial charge >= 0.3 is 0 Å². The Morgan fingerprint density at radius 2 is 1.12 bits per heavy atom. The Balaban J connectivity index is 1.34. The third kappa shape index (κ3) is 3.68. The molecule has 0 saturated heterocycles. The van der Waals surface area contributed by atoms with Crippen molar-refractivity contribution in [3.63, 3.8) is 0 Å². The molecule has 3 nitrogen and oxygen atoms in total. The highest BCUT2D eigenvalue weighted by Crippen LogP contribution is 2.45. The van der Waals surface area contributed by atoms with Crippen LogP contribution in [0.15, 0.2) is 162 Å². The molecule has 0 bridgehead atoms. The van der Waals surface area contributed by atoms with Crippen molar-refractivity contribution in [3.8, 4) is 5.69 Å². The van der Waals surface area contributed by atoms with E-state index in [1.54, 1.807) is 0 Å². The number of aromatic nitrogens is 1. The molecule has 0 saturated carbocycles. The van der Waals surface area contributed by atoms with Crippen LogP contribution in [0.3, 0.4) is 0 Å². The SMILES string of the molecule is c1ccc(N(c2ccc3oc4cc5ccccc5cc4c3c2)c2cccc3c2c2ccccc2n3-c2ccccc2)cc1. The summed E-state index contributed by atoms with van der Waals surface area (Å²) in [5, 5.41) is 7.07. The standard InChI is InChI=1S/C40H26N2O/c1-3-14-29(15-4-1)41(31-22-23-38-34(26-31)33-24-27-12-7-8-13-28(27)25-39(33)43-38)36-20-11-21-37-40(36)32-18-9-10-19-35(32)42(37)30-16-5-2-6-17-30/h1-26H. The average Bonchev–Trinajstić information content (AvgIpc) is 3.60. The first-order chi connectivity index (χ1) is 21.3. The number of furan rings is 1. The molecule has 0 fully saturated rings. The molecule has 3 heteroatoms. The maximum atomic E-state index is 6.37. The van der Waals surface area contributed by atoms with Crippen LogP contribution in [0.4, 0.5) is 17.1 Å². The monoisotopic (exact) mass is 550 g/mol. The van der Waals surface area contributed by atoms with Crippen LogP contribution >= 0.6 is 0 Å². The van der Waals surface area contributed by atoms with Crippen molar-refractivity contribution in [2.24, 2.45) is 0 Å². The maximum absolute atomic E-state index is 6.37. The summed E-state index contributed by atoms with van der Waals surface area (Å²) in [7, 11) is 0. The number of rotatable bonds is 4. The molecule has 202 valence electrons. The van der Waals surface area contributed by atoms with E-state index in [0.717, 1.165) is 44.7 Å². The van der Waals surface area contributed by atoms with Crippen LogP contribution in [0, 0.1) is 0 Å². The fourth-order valence-electron chi connectivity index (χ4n) is 6.64. The van der Waals surface area contributed by atoms with E-state index in [1.165, 1.54) is 32.6 Å². The zero-order valence-corrected chi connectivity index (χ0v) is 23.3. The van der Waals surface area contributed by atoms with Gasteiger partial charge in [-0.1, -0.05) is 84.9 Å². The fraction of sp³-hybridized carbons (Fsp3) is 0. The van der Waals surface area contributed by atoms with Crippen molar-refractivity contribution in [2.45, 2.75) is 0 Å². The summed E-state index contributed by atoms with van der Waals surface area (Å²) in [4.78, 5) is 2.38. The number of nitrogens with zero attached hydrogens (tertiary/aromatic N) is 2. The zero-order valence-electron chi connectivity index (χ0n) is 23.3. The van der Waals surface area contributed by atoms with E-state index in [4.69, 9.17) is 4.42 Å². The minimum Gasteiger partial charge on any atom is -0.456 e. The van der Waals surface area contributed by atoms with Gasteiger partial charge in [0.05, 0.1) is 16.7 Å². The molecule has 0 atom stereocenters. The molecular weight excluding hydrogens is 524 g/mol. The fourth-order valence-corrected chi connectivity index (χ4v) is 6.64. The van der Waals surface area contributed by atoms with E-state index < -0.39 is 0 Å². The van der Waals surface area contributed by atoms with Gasteiger partial charge in [-0.3, -0.25) is 0 Å². The molecule has 0 N–H and O–H groups in total. The molecule has 2 heterocycles. The Hall–Kier alpha value is -5.80.